The number of Topliss-reactive ketones (excluding diaryl/α,β-unsaturated/α-hetero) is 1. The first-order valence-electron chi connectivity index (χ1n) is 12.0. The van der Waals surface area contributed by atoms with Gasteiger partial charge in [0.1, 0.15) is 10.6 Å². The van der Waals surface area contributed by atoms with E-state index in [2.05, 4.69) is 36.4 Å². The molecule has 0 unspecified atom stereocenters. The maximum absolute atomic E-state index is 13.8. The van der Waals surface area contributed by atoms with E-state index < -0.39 is 17.0 Å². The molecular formula is C32H25O4PS. The van der Waals surface area contributed by atoms with Crippen LogP contribution in [0.15, 0.2) is 150 Å². The summed E-state index contributed by atoms with van der Waals surface area (Å²) in [5.41, 5.74) is 0.446. The number of carbonyl (C=O) groups is 1. The molecule has 0 N–H and O–H groups in total. The molecule has 0 aliphatic carbocycles. The monoisotopic (exact) mass is 536 g/mol. The van der Waals surface area contributed by atoms with E-state index in [0.717, 1.165) is 15.9 Å². The third-order valence-corrected chi connectivity index (χ3v) is 11.4. The zero-order valence-corrected chi connectivity index (χ0v) is 22.1. The summed E-state index contributed by atoms with van der Waals surface area (Å²) in [6, 6.07) is 44.5. The minimum Gasteiger partial charge on any atom is -0.379 e. The van der Waals surface area contributed by atoms with Crippen LogP contribution in [0.5, 0.6) is 5.75 Å². The quantitative estimate of drug-likeness (QED) is 0.151. The molecule has 5 aromatic rings. The lowest BCUT2D eigenvalue weighted by Crippen LogP contribution is -2.28. The molecule has 0 heterocycles. The van der Waals surface area contributed by atoms with E-state index in [4.69, 9.17) is 4.18 Å². The highest BCUT2D eigenvalue weighted by Gasteiger charge is 2.26. The first kappa shape index (κ1) is 25.5. The third-order valence-electron chi connectivity index (χ3n) is 6.18. The number of hydrogen-bond donors (Lipinski definition) is 0. The maximum Gasteiger partial charge on any atom is 0.339 e. The van der Waals surface area contributed by atoms with Crippen LogP contribution >= 0.6 is 6.89 Å². The molecule has 0 fully saturated rings. The van der Waals surface area contributed by atoms with E-state index >= 15 is 0 Å². The fourth-order valence-electron chi connectivity index (χ4n) is 4.35. The Morgan fingerprint density at radius 2 is 0.947 bits per heavy atom. The lowest BCUT2D eigenvalue weighted by molar-refractivity contribution is 0.107. The van der Waals surface area contributed by atoms with Gasteiger partial charge in [-0.05, 0) is 65.0 Å². The van der Waals surface area contributed by atoms with Gasteiger partial charge in [-0.2, -0.15) is 8.42 Å². The molecule has 0 saturated heterocycles. The van der Waals surface area contributed by atoms with E-state index in [-0.39, 0.29) is 16.4 Å². The van der Waals surface area contributed by atoms with Gasteiger partial charge >= 0.3 is 10.1 Å². The lowest BCUT2D eigenvalue weighted by atomic mass is 10.1. The van der Waals surface area contributed by atoms with Gasteiger partial charge in [-0.1, -0.05) is 109 Å². The normalized spacial score (nSPS) is 11.5. The van der Waals surface area contributed by atoms with Crippen molar-refractivity contribution in [2.45, 2.75) is 4.90 Å². The Morgan fingerprint density at radius 1 is 0.553 bits per heavy atom. The van der Waals surface area contributed by atoms with Gasteiger partial charge in [0.2, 0.25) is 0 Å². The van der Waals surface area contributed by atoms with Crippen molar-refractivity contribution in [2.75, 3.05) is 0 Å². The van der Waals surface area contributed by atoms with Crippen LogP contribution in [0.2, 0.25) is 0 Å². The molecule has 0 atom stereocenters. The van der Waals surface area contributed by atoms with Gasteiger partial charge in [0.05, 0.1) is 0 Å². The average Bonchev–Trinajstić information content (AvgIpc) is 2.98. The van der Waals surface area contributed by atoms with E-state index in [1.807, 2.05) is 60.4 Å². The minimum atomic E-state index is -3.97. The largest absolute Gasteiger partial charge is 0.379 e. The van der Waals surface area contributed by atoms with E-state index in [1.54, 1.807) is 30.3 Å². The second-order valence-electron chi connectivity index (χ2n) is 8.60. The van der Waals surface area contributed by atoms with Crippen molar-refractivity contribution in [1.82, 2.24) is 0 Å². The SMILES string of the molecule is O=C(C=P(c1ccccc1)(c1ccccc1)c1ccccc1)c1ccc(OS(=O)(=O)c2ccccc2)cc1. The van der Waals surface area contributed by atoms with Crippen molar-refractivity contribution in [2.24, 2.45) is 0 Å². The Balaban J connectivity index is 1.58. The fourth-order valence-corrected chi connectivity index (χ4v) is 9.07. The van der Waals surface area contributed by atoms with Gasteiger partial charge in [0.15, 0.2) is 5.78 Å². The van der Waals surface area contributed by atoms with Crippen LogP contribution in [0.25, 0.3) is 0 Å². The third kappa shape index (κ3) is 5.26. The highest BCUT2D eigenvalue weighted by molar-refractivity contribution is 7.95. The minimum absolute atomic E-state index is 0.0663. The molecule has 38 heavy (non-hydrogen) atoms. The summed E-state index contributed by atoms with van der Waals surface area (Å²) in [5, 5.41) is 3.21. The van der Waals surface area contributed by atoms with Crippen LogP contribution in [0, 0.1) is 0 Å². The predicted molar refractivity (Wildman–Crippen MR) is 156 cm³/mol. The topological polar surface area (TPSA) is 60.4 Å². The molecule has 5 rings (SSSR count). The van der Waals surface area contributed by atoms with Gasteiger partial charge < -0.3 is 4.18 Å². The van der Waals surface area contributed by atoms with Gasteiger partial charge in [-0.25, -0.2) is 0 Å². The molecule has 0 amide bonds. The summed E-state index contributed by atoms with van der Waals surface area (Å²) < 4.78 is 30.5. The van der Waals surface area contributed by atoms with Crippen LogP contribution in [-0.4, -0.2) is 20.0 Å². The van der Waals surface area contributed by atoms with E-state index in [9.17, 15) is 13.2 Å². The van der Waals surface area contributed by atoms with Crippen molar-refractivity contribution in [3.63, 3.8) is 0 Å². The molecule has 0 bridgehead atoms. The Hall–Kier alpha value is -4.18. The van der Waals surface area contributed by atoms with Crippen LogP contribution in [0.4, 0.5) is 0 Å². The molecule has 188 valence electrons. The van der Waals surface area contributed by atoms with Crippen molar-refractivity contribution in [1.29, 1.82) is 0 Å². The molecule has 0 spiro atoms. The Morgan fingerprint density at radius 3 is 1.37 bits per heavy atom. The Labute approximate surface area is 223 Å². The summed E-state index contributed by atoms with van der Waals surface area (Å²) in [4.78, 5) is 13.9. The first-order chi connectivity index (χ1) is 18.5. The maximum atomic E-state index is 13.8. The van der Waals surface area contributed by atoms with Gasteiger partial charge in [0, 0.05) is 5.56 Å². The molecular weight excluding hydrogens is 511 g/mol. The van der Waals surface area contributed by atoms with E-state index in [1.165, 1.54) is 24.3 Å². The summed E-state index contributed by atoms with van der Waals surface area (Å²) in [6.07, 6.45) is 0. The molecule has 0 radical (unpaired) electrons. The summed E-state index contributed by atoms with van der Waals surface area (Å²) in [7, 11) is -3.97. The number of carbonyl (C=O) groups excluding carboxylic acids is 1. The molecule has 5 aromatic carbocycles. The molecule has 0 aromatic heterocycles. The molecule has 0 aliphatic heterocycles. The van der Waals surface area contributed by atoms with Crippen LogP contribution in [-0.2, 0) is 10.1 Å². The van der Waals surface area contributed by atoms with Gasteiger partial charge in [-0.15, -0.1) is 0 Å². The Bertz CT molecular complexity index is 1580. The number of rotatable bonds is 8. The second-order valence-corrected chi connectivity index (χ2v) is 13.4. The average molecular weight is 537 g/mol. The highest BCUT2D eigenvalue weighted by Crippen LogP contribution is 2.43. The van der Waals surface area contributed by atoms with Crippen LogP contribution < -0.4 is 20.1 Å². The fraction of sp³-hybridized carbons (Fsp3) is 0. The zero-order chi connectivity index (χ0) is 26.4. The summed E-state index contributed by atoms with van der Waals surface area (Å²) in [5.74, 6) is 1.84. The van der Waals surface area contributed by atoms with Gasteiger partial charge in [0.25, 0.3) is 0 Å². The lowest BCUT2D eigenvalue weighted by Gasteiger charge is -2.28. The highest BCUT2D eigenvalue weighted by atomic mass is 32.2. The van der Waals surface area contributed by atoms with Crippen molar-refractivity contribution < 1.29 is 17.4 Å². The van der Waals surface area contributed by atoms with Crippen LogP contribution in [0.1, 0.15) is 10.4 Å². The first-order valence-corrected chi connectivity index (χ1v) is 15.3. The van der Waals surface area contributed by atoms with Crippen LogP contribution in [0.3, 0.4) is 0 Å². The van der Waals surface area contributed by atoms with E-state index in [0.29, 0.717) is 5.56 Å². The second kappa shape index (κ2) is 11.1. The molecule has 0 saturated carbocycles. The van der Waals surface area contributed by atoms with Crippen molar-refractivity contribution in [3.8, 4) is 5.75 Å². The zero-order valence-electron chi connectivity index (χ0n) is 20.4. The summed E-state index contributed by atoms with van der Waals surface area (Å²) in [6.45, 7) is -2.46. The molecule has 6 heteroatoms. The van der Waals surface area contributed by atoms with Crippen molar-refractivity contribution >= 4 is 44.5 Å². The number of hydrogen-bond acceptors (Lipinski definition) is 4. The summed E-state index contributed by atoms with van der Waals surface area (Å²) >= 11 is 0. The molecule has 4 nitrogen and oxygen atoms in total. The standard InChI is InChI=1S/C32H25O4PS/c33-32(26-21-23-27(24-22-26)36-38(34,35)31-19-11-4-12-20-31)25-37(28-13-5-1-6-14-28,29-15-7-2-8-16-29)30-17-9-3-10-18-30/h1-25H. The Kier molecular flexibility index (Phi) is 7.41. The smallest absolute Gasteiger partial charge is 0.339 e. The molecule has 0 aliphatic rings. The predicted octanol–water partition coefficient (Wildman–Crippen LogP) is 5.43. The number of ketones is 1. The van der Waals surface area contributed by atoms with Gasteiger partial charge in [-0.3, -0.25) is 4.79 Å². The van der Waals surface area contributed by atoms with Crippen molar-refractivity contribution in [3.05, 3.63) is 151 Å². The number of benzene rings is 5.